The van der Waals surface area contributed by atoms with Crippen LogP contribution in [0.1, 0.15) is 25.5 Å². The first-order chi connectivity index (χ1) is 11.1. The summed E-state index contributed by atoms with van der Waals surface area (Å²) in [5.74, 6) is 0.304. The molecule has 5 heteroatoms. The van der Waals surface area contributed by atoms with Gasteiger partial charge in [-0.3, -0.25) is 9.78 Å². The zero-order valence-electron chi connectivity index (χ0n) is 14.7. The van der Waals surface area contributed by atoms with E-state index in [2.05, 4.69) is 21.3 Å². The van der Waals surface area contributed by atoms with Gasteiger partial charge in [-0.2, -0.15) is 0 Å². The van der Waals surface area contributed by atoms with Crippen molar-refractivity contribution in [1.29, 1.82) is 0 Å². The van der Waals surface area contributed by atoms with Crippen molar-refractivity contribution in [2.24, 2.45) is 5.92 Å². The lowest BCUT2D eigenvalue weighted by atomic mass is 10.0. The van der Waals surface area contributed by atoms with Crippen LogP contribution >= 0.6 is 0 Å². The predicted molar refractivity (Wildman–Crippen MR) is 93.3 cm³/mol. The Hall–Kier alpha value is -1.46. The third-order valence-electron chi connectivity index (χ3n) is 4.79. The molecule has 0 bridgehead atoms. The molecule has 0 aromatic carbocycles. The second-order valence-corrected chi connectivity index (χ2v) is 6.55. The van der Waals surface area contributed by atoms with Gasteiger partial charge in [0.2, 0.25) is 5.91 Å². The minimum Gasteiger partial charge on any atom is -0.342 e. The van der Waals surface area contributed by atoms with E-state index in [1.54, 1.807) is 0 Å². The predicted octanol–water partition coefficient (Wildman–Crippen LogP) is 1.40. The summed E-state index contributed by atoms with van der Waals surface area (Å²) >= 11 is 0. The highest BCUT2D eigenvalue weighted by atomic mass is 16.2. The molecule has 1 aromatic rings. The van der Waals surface area contributed by atoms with Crippen LogP contribution in [0, 0.1) is 5.92 Å². The summed E-state index contributed by atoms with van der Waals surface area (Å²) in [7, 11) is 3.85. The summed E-state index contributed by atoms with van der Waals surface area (Å²) in [6.07, 6.45) is 4.99. The summed E-state index contributed by atoms with van der Waals surface area (Å²) in [4.78, 5) is 21.2. The molecule has 1 aliphatic heterocycles. The van der Waals surface area contributed by atoms with E-state index in [9.17, 15) is 4.79 Å². The number of hydrogen-bond acceptors (Lipinski definition) is 4. The van der Waals surface area contributed by atoms with Crippen molar-refractivity contribution in [2.45, 2.75) is 32.2 Å². The van der Waals surface area contributed by atoms with Gasteiger partial charge in [-0.05, 0) is 32.0 Å². The first-order valence-corrected chi connectivity index (χ1v) is 8.65. The maximum Gasteiger partial charge on any atom is 0.226 e. The molecular weight excluding hydrogens is 288 g/mol. The van der Waals surface area contributed by atoms with Crippen LogP contribution in [0.15, 0.2) is 24.4 Å². The van der Waals surface area contributed by atoms with E-state index in [0.717, 1.165) is 51.1 Å². The molecule has 1 fully saturated rings. The highest BCUT2D eigenvalue weighted by Crippen LogP contribution is 2.17. The number of carbonyl (C=O) groups is 1. The zero-order valence-corrected chi connectivity index (χ0v) is 14.7. The normalized spacial score (nSPS) is 17.9. The fourth-order valence-corrected chi connectivity index (χ4v) is 3.27. The van der Waals surface area contributed by atoms with Crippen LogP contribution in [0.5, 0.6) is 0 Å². The minimum absolute atomic E-state index is 0.0483. The van der Waals surface area contributed by atoms with Crippen LogP contribution in [-0.2, 0) is 11.2 Å². The molecule has 5 nitrogen and oxygen atoms in total. The van der Waals surface area contributed by atoms with Crippen LogP contribution < -0.4 is 5.32 Å². The SMILES string of the molecule is CNCC(C)C(=O)N(C)C1CCN(CCc2ccccn2)CC1. The smallest absolute Gasteiger partial charge is 0.226 e. The van der Waals surface area contributed by atoms with Crippen LogP contribution in [0.25, 0.3) is 0 Å². The Kier molecular flexibility index (Phi) is 6.99. The van der Waals surface area contributed by atoms with Gasteiger partial charge in [0, 0.05) is 63.5 Å². The zero-order chi connectivity index (χ0) is 16.7. The van der Waals surface area contributed by atoms with Crippen LogP contribution in [0.3, 0.4) is 0 Å². The lowest BCUT2D eigenvalue weighted by Gasteiger charge is -2.37. The number of aromatic nitrogens is 1. The Morgan fingerprint density at radius 2 is 2.17 bits per heavy atom. The monoisotopic (exact) mass is 318 g/mol. The molecule has 2 rings (SSSR count). The molecule has 0 spiro atoms. The maximum atomic E-state index is 12.4. The molecule has 1 N–H and O–H groups in total. The Balaban J connectivity index is 1.74. The largest absolute Gasteiger partial charge is 0.342 e. The lowest BCUT2D eigenvalue weighted by Crippen LogP contribution is -2.48. The summed E-state index contributed by atoms with van der Waals surface area (Å²) in [5, 5.41) is 3.08. The molecule has 1 amide bonds. The minimum atomic E-state index is 0.0483. The third kappa shape index (κ3) is 5.29. The van der Waals surface area contributed by atoms with Gasteiger partial charge in [0.1, 0.15) is 0 Å². The number of likely N-dealkylation sites (tertiary alicyclic amines) is 1. The van der Waals surface area contributed by atoms with Crippen molar-refractivity contribution in [3.63, 3.8) is 0 Å². The number of carbonyl (C=O) groups excluding carboxylic acids is 1. The fourth-order valence-electron chi connectivity index (χ4n) is 3.27. The van der Waals surface area contributed by atoms with Crippen LogP contribution in [-0.4, -0.2) is 67.0 Å². The number of pyridine rings is 1. The van der Waals surface area contributed by atoms with Gasteiger partial charge >= 0.3 is 0 Å². The van der Waals surface area contributed by atoms with Crippen molar-refractivity contribution >= 4 is 5.91 Å². The number of nitrogens with zero attached hydrogens (tertiary/aromatic N) is 3. The van der Waals surface area contributed by atoms with Crippen LogP contribution in [0.4, 0.5) is 0 Å². The van der Waals surface area contributed by atoms with Gasteiger partial charge in [0.05, 0.1) is 0 Å². The average Bonchev–Trinajstić information content (AvgIpc) is 2.60. The first-order valence-electron chi connectivity index (χ1n) is 8.65. The topological polar surface area (TPSA) is 48.5 Å². The summed E-state index contributed by atoms with van der Waals surface area (Å²) in [5.41, 5.74) is 1.16. The van der Waals surface area contributed by atoms with Gasteiger partial charge in [-0.1, -0.05) is 13.0 Å². The summed E-state index contributed by atoms with van der Waals surface area (Å²) in [6.45, 7) is 5.92. The molecule has 0 saturated carbocycles. The van der Waals surface area contributed by atoms with E-state index < -0.39 is 0 Å². The molecule has 128 valence electrons. The molecule has 23 heavy (non-hydrogen) atoms. The highest BCUT2D eigenvalue weighted by molar-refractivity contribution is 5.78. The van der Waals surface area contributed by atoms with Gasteiger partial charge < -0.3 is 15.1 Å². The Bertz CT molecular complexity index is 471. The number of nitrogens with one attached hydrogen (secondary N) is 1. The average molecular weight is 318 g/mol. The molecule has 0 radical (unpaired) electrons. The molecule has 0 aliphatic carbocycles. The van der Waals surface area contributed by atoms with Gasteiger partial charge in [-0.25, -0.2) is 0 Å². The first kappa shape index (κ1) is 17.9. The summed E-state index contributed by atoms with van der Waals surface area (Å²) < 4.78 is 0. The number of hydrogen-bond donors (Lipinski definition) is 1. The molecule has 1 atom stereocenters. The van der Waals surface area contributed by atoms with E-state index in [1.165, 1.54) is 0 Å². The second-order valence-electron chi connectivity index (χ2n) is 6.55. The van der Waals surface area contributed by atoms with Crippen molar-refractivity contribution in [1.82, 2.24) is 20.1 Å². The number of amides is 1. The Labute approximate surface area is 140 Å². The molecule has 1 saturated heterocycles. The fraction of sp³-hybridized carbons (Fsp3) is 0.667. The Morgan fingerprint density at radius 1 is 1.43 bits per heavy atom. The third-order valence-corrected chi connectivity index (χ3v) is 4.79. The highest BCUT2D eigenvalue weighted by Gasteiger charge is 2.27. The Morgan fingerprint density at radius 3 is 2.78 bits per heavy atom. The van der Waals surface area contributed by atoms with Crippen molar-refractivity contribution in [3.05, 3.63) is 30.1 Å². The molecular formula is C18H30N4O. The van der Waals surface area contributed by atoms with E-state index in [1.807, 2.05) is 44.2 Å². The number of piperidine rings is 1. The van der Waals surface area contributed by atoms with Crippen molar-refractivity contribution < 1.29 is 4.79 Å². The summed E-state index contributed by atoms with van der Waals surface area (Å²) in [6, 6.07) is 6.47. The van der Waals surface area contributed by atoms with Crippen molar-refractivity contribution in [2.75, 3.05) is 40.3 Å². The van der Waals surface area contributed by atoms with Gasteiger partial charge in [0.25, 0.3) is 0 Å². The van der Waals surface area contributed by atoms with Crippen LogP contribution in [0.2, 0.25) is 0 Å². The molecule has 2 heterocycles. The van der Waals surface area contributed by atoms with Gasteiger partial charge in [0.15, 0.2) is 0 Å². The maximum absolute atomic E-state index is 12.4. The standard InChI is InChI=1S/C18H30N4O/c1-15(14-19-2)18(23)21(3)17-8-12-22(13-9-17)11-7-16-6-4-5-10-20-16/h4-6,10,15,17,19H,7-9,11-14H2,1-3H3. The van der Waals surface area contributed by atoms with E-state index in [4.69, 9.17) is 0 Å². The van der Waals surface area contributed by atoms with E-state index in [-0.39, 0.29) is 11.8 Å². The second kappa shape index (κ2) is 8.99. The van der Waals surface area contributed by atoms with Crippen molar-refractivity contribution in [3.8, 4) is 0 Å². The quantitative estimate of drug-likeness (QED) is 0.826. The molecule has 1 aliphatic rings. The molecule has 1 aromatic heterocycles. The number of rotatable bonds is 7. The van der Waals surface area contributed by atoms with E-state index >= 15 is 0 Å². The van der Waals surface area contributed by atoms with Gasteiger partial charge in [-0.15, -0.1) is 0 Å². The van der Waals surface area contributed by atoms with E-state index in [0.29, 0.717) is 6.04 Å². The molecule has 1 unspecified atom stereocenters. The lowest BCUT2D eigenvalue weighted by molar-refractivity contribution is -0.136.